The van der Waals surface area contributed by atoms with Gasteiger partial charge in [0.25, 0.3) is 0 Å². The van der Waals surface area contributed by atoms with Crippen molar-refractivity contribution in [1.82, 2.24) is 5.32 Å². The van der Waals surface area contributed by atoms with Gasteiger partial charge in [0, 0.05) is 13.2 Å². The molecule has 2 rings (SSSR count). The molecule has 0 heterocycles. The van der Waals surface area contributed by atoms with E-state index >= 15 is 0 Å². The molecule has 3 heteroatoms. The van der Waals surface area contributed by atoms with E-state index in [0.29, 0.717) is 6.61 Å². The van der Waals surface area contributed by atoms with Gasteiger partial charge in [0.15, 0.2) is 0 Å². The standard InChI is InChI=1S/C22H29NO2/c1-6-16(2)23-21(24)22(3,4)20-12-10-18(11-13-20)19-9-7-8-17(14-19)15-25-5/h7-14,16H,6,15H2,1-5H3,(H,23,24)/t16-/m1/s1. The number of carbonyl (C=O) groups excluding carboxylic acids is 1. The first-order chi connectivity index (χ1) is 11.9. The molecule has 2 aromatic rings. The van der Waals surface area contributed by atoms with Crippen molar-refractivity contribution in [2.75, 3.05) is 7.11 Å². The first-order valence-corrected chi connectivity index (χ1v) is 8.88. The zero-order valence-electron chi connectivity index (χ0n) is 15.9. The number of methoxy groups -OCH3 is 1. The summed E-state index contributed by atoms with van der Waals surface area (Å²) in [6, 6.07) is 16.8. The number of amides is 1. The van der Waals surface area contributed by atoms with Gasteiger partial charge in [-0.05, 0) is 55.5 Å². The molecular formula is C22H29NO2. The molecule has 1 amide bonds. The summed E-state index contributed by atoms with van der Waals surface area (Å²) < 4.78 is 5.21. The largest absolute Gasteiger partial charge is 0.380 e. The topological polar surface area (TPSA) is 38.3 Å². The first-order valence-electron chi connectivity index (χ1n) is 8.88. The van der Waals surface area contributed by atoms with E-state index < -0.39 is 5.41 Å². The highest BCUT2D eigenvalue weighted by Crippen LogP contribution is 2.27. The molecule has 0 bridgehead atoms. The third-order valence-corrected chi connectivity index (χ3v) is 4.74. The lowest BCUT2D eigenvalue weighted by molar-refractivity contribution is -0.126. The minimum absolute atomic E-state index is 0.0664. The van der Waals surface area contributed by atoms with Crippen LogP contribution in [0.5, 0.6) is 0 Å². The van der Waals surface area contributed by atoms with Gasteiger partial charge in [0.2, 0.25) is 5.91 Å². The Balaban J connectivity index is 2.21. The number of nitrogens with one attached hydrogen (secondary N) is 1. The zero-order valence-corrected chi connectivity index (χ0v) is 15.9. The van der Waals surface area contributed by atoms with Crippen molar-refractivity contribution in [2.24, 2.45) is 0 Å². The summed E-state index contributed by atoms with van der Waals surface area (Å²) in [7, 11) is 1.70. The maximum Gasteiger partial charge on any atom is 0.230 e. The highest BCUT2D eigenvalue weighted by Gasteiger charge is 2.30. The molecule has 0 radical (unpaired) electrons. The Morgan fingerprint density at radius 2 is 1.80 bits per heavy atom. The highest BCUT2D eigenvalue weighted by atomic mass is 16.5. The number of benzene rings is 2. The molecule has 2 aromatic carbocycles. The fourth-order valence-corrected chi connectivity index (χ4v) is 2.72. The molecule has 0 saturated carbocycles. The monoisotopic (exact) mass is 339 g/mol. The van der Waals surface area contributed by atoms with E-state index in [1.807, 2.05) is 26.8 Å². The zero-order chi connectivity index (χ0) is 18.4. The highest BCUT2D eigenvalue weighted by molar-refractivity contribution is 5.87. The second-order valence-corrected chi connectivity index (χ2v) is 7.12. The smallest absolute Gasteiger partial charge is 0.230 e. The van der Waals surface area contributed by atoms with E-state index in [0.717, 1.165) is 28.7 Å². The van der Waals surface area contributed by atoms with Crippen molar-refractivity contribution >= 4 is 5.91 Å². The average Bonchev–Trinajstić information content (AvgIpc) is 2.62. The van der Waals surface area contributed by atoms with Crippen LogP contribution in [0.1, 0.15) is 45.2 Å². The van der Waals surface area contributed by atoms with Crippen molar-refractivity contribution in [3.05, 3.63) is 59.7 Å². The second kappa shape index (κ2) is 8.30. The Bertz CT molecular complexity index is 704. The number of hydrogen-bond donors (Lipinski definition) is 1. The number of rotatable bonds is 7. The van der Waals surface area contributed by atoms with Crippen molar-refractivity contribution < 1.29 is 9.53 Å². The molecule has 134 valence electrons. The normalized spacial score (nSPS) is 12.7. The van der Waals surface area contributed by atoms with Gasteiger partial charge < -0.3 is 10.1 Å². The van der Waals surface area contributed by atoms with Crippen LogP contribution in [0.15, 0.2) is 48.5 Å². The first kappa shape index (κ1) is 19.2. The molecule has 0 aliphatic rings. The summed E-state index contributed by atoms with van der Waals surface area (Å²) in [5.41, 5.74) is 3.91. The van der Waals surface area contributed by atoms with Gasteiger partial charge in [-0.15, -0.1) is 0 Å². The summed E-state index contributed by atoms with van der Waals surface area (Å²) in [5, 5.41) is 3.08. The molecule has 25 heavy (non-hydrogen) atoms. The summed E-state index contributed by atoms with van der Waals surface area (Å²) >= 11 is 0. The number of hydrogen-bond acceptors (Lipinski definition) is 2. The minimum atomic E-state index is -0.556. The predicted molar refractivity (Wildman–Crippen MR) is 104 cm³/mol. The van der Waals surface area contributed by atoms with Gasteiger partial charge in [-0.1, -0.05) is 49.4 Å². The average molecular weight is 339 g/mol. The molecule has 0 aliphatic heterocycles. The molecule has 0 fully saturated rings. The SMILES string of the molecule is CC[C@@H](C)NC(=O)C(C)(C)c1ccc(-c2cccc(COC)c2)cc1. The van der Waals surface area contributed by atoms with Gasteiger partial charge in [-0.2, -0.15) is 0 Å². The van der Waals surface area contributed by atoms with Crippen molar-refractivity contribution in [3.63, 3.8) is 0 Å². The third-order valence-electron chi connectivity index (χ3n) is 4.74. The van der Waals surface area contributed by atoms with Crippen LogP contribution in [0.4, 0.5) is 0 Å². The van der Waals surface area contributed by atoms with Gasteiger partial charge >= 0.3 is 0 Å². The fraction of sp³-hybridized carbons (Fsp3) is 0.409. The van der Waals surface area contributed by atoms with Gasteiger partial charge in [-0.25, -0.2) is 0 Å². The second-order valence-electron chi connectivity index (χ2n) is 7.12. The number of carbonyl (C=O) groups is 1. The van der Waals surface area contributed by atoms with Crippen LogP contribution in [-0.4, -0.2) is 19.1 Å². The fourth-order valence-electron chi connectivity index (χ4n) is 2.72. The minimum Gasteiger partial charge on any atom is -0.380 e. The van der Waals surface area contributed by atoms with Crippen LogP contribution in [0.2, 0.25) is 0 Å². The molecule has 0 saturated heterocycles. The van der Waals surface area contributed by atoms with Crippen molar-refractivity contribution in [2.45, 2.75) is 52.2 Å². The molecule has 0 aliphatic carbocycles. The molecule has 0 aromatic heterocycles. The van der Waals surface area contributed by atoms with E-state index in [1.165, 1.54) is 0 Å². The third kappa shape index (κ3) is 4.70. The van der Waals surface area contributed by atoms with Crippen LogP contribution in [-0.2, 0) is 21.6 Å². The van der Waals surface area contributed by atoms with E-state index in [-0.39, 0.29) is 11.9 Å². The van der Waals surface area contributed by atoms with E-state index in [4.69, 9.17) is 4.74 Å². The Labute approximate surface area is 151 Å². The molecule has 0 unspecified atom stereocenters. The van der Waals surface area contributed by atoms with Crippen molar-refractivity contribution in [3.8, 4) is 11.1 Å². The van der Waals surface area contributed by atoms with E-state index in [2.05, 4.69) is 54.7 Å². The molecule has 1 N–H and O–H groups in total. The Hall–Kier alpha value is -2.13. The van der Waals surface area contributed by atoms with Gasteiger partial charge in [-0.3, -0.25) is 4.79 Å². The van der Waals surface area contributed by atoms with Crippen LogP contribution in [0.3, 0.4) is 0 Å². The van der Waals surface area contributed by atoms with Crippen LogP contribution in [0, 0.1) is 0 Å². The lowest BCUT2D eigenvalue weighted by Crippen LogP contribution is -2.43. The van der Waals surface area contributed by atoms with Crippen LogP contribution in [0.25, 0.3) is 11.1 Å². The lowest BCUT2D eigenvalue weighted by Gasteiger charge is -2.26. The van der Waals surface area contributed by atoms with Crippen molar-refractivity contribution in [1.29, 1.82) is 0 Å². The van der Waals surface area contributed by atoms with E-state index in [9.17, 15) is 4.79 Å². The molecule has 1 atom stereocenters. The maximum absolute atomic E-state index is 12.6. The maximum atomic E-state index is 12.6. The lowest BCUT2D eigenvalue weighted by atomic mass is 9.82. The van der Waals surface area contributed by atoms with Gasteiger partial charge in [0.05, 0.1) is 12.0 Å². The van der Waals surface area contributed by atoms with E-state index in [1.54, 1.807) is 7.11 Å². The van der Waals surface area contributed by atoms with Gasteiger partial charge in [0.1, 0.15) is 0 Å². The Kier molecular flexibility index (Phi) is 6.38. The Morgan fingerprint density at radius 1 is 1.12 bits per heavy atom. The predicted octanol–water partition coefficient (Wildman–Crippen LogP) is 4.69. The molecule has 0 spiro atoms. The quantitative estimate of drug-likeness (QED) is 0.794. The summed E-state index contributed by atoms with van der Waals surface area (Å²) in [5.74, 6) is 0.0664. The van der Waals surface area contributed by atoms with Crippen LogP contribution >= 0.6 is 0 Å². The number of ether oxygens (including phenoxy) is 1. The summed E-state index contributed by atoms with van der Waals surface area (Å²) in [6.07, 6.45) is 0.929. The Morgan fingerprint density at radius 3 is 2.40 bits per heavy atom. The molecule has 3 nitrogen and oxygen atoms in total. The van der Waals surface area contributed by atoms with Crippen LogP contribution < -0.4 is 5.32 Å². The molecular weight excluding hydrogens is 310 g/mol. The summed E-state index contributed by atoms with van der Waals surface area (Å²) in [4.78, 5) is 12.6. The summed E-state index contributed by atoms with van der Waals surface area (Å²) in [6.45, 7) is 8.65.